The first-order chi connectivity index (χ1) is 15.9. The van der Waals surface area contributed by atoms with Gasteiger partial charge in [0.15, 0.2) is 5.78 Å². The van der Waals surface area contributed by atoms with Crippen molar-refractivity contribution in [3.05, 3.63) is 64.3 Å². The summed E-state index contributed by atoms with van der Waals surface area (Å²) < 4.78 is 11.6. The number of fused-ring (bicyclic) bond motifs is 4. The molecule has 0 radical (unpaired) electrons. The monoisotopic (exact) mass is 443 g/mol. The Morgan fingerprint density at radius 2 is 1.97 bits per heavy atom. The highest BCUT2D eigenvalue weighted by molar-refractivity contribution is 6.20. The number of methoxy groups -OCH3 is 1. The number of hydrogen-bond donors (Lipinski definition) is 1. The van der Waals surface area contributed by atoms with Crippen molar-refractivity contribution >= 4 is 16.7 Å². The van der Waals surface area contributed by atoms with E-state index >= 15 is 0 Å². The molecule has 1 N–H and O–H groups in total. The molecule has 0 amide bonds. The average Bonchev–Trinajstić information content (AvgIpc) is 3.22. The smallest absolute Gasteiger partial charge is 0.195 e. The van der Waals surface area contributed by atoms with Gasteiger partial charge in [0.2, 0.25) is 0 Å². The van der Waals surface area contributed by atoms with E-state index in [0.29, 0.717) is 11.1 Å². The number of nitrogens with one attached hydrogen (secondary N) is 1. The largest absolute Gasteiger partial charge is 0.490 e. The molecule has 3 aromatic rings. The highest BCUT2D eigenvalue weighted by Gasteiger charge is 2.40. The Morgan fingerprint density at radius 1 is 1.18 bits per heavy atom. The Bertz CT molecular complexity index is 1260. The van der Waals surface area contributed by atoms with Gasteiger partial charge in [0.25, 0.3) is 0 Å². The standard InChI is InChI=1S/C27H29N3O3/c1-27(2)22-15-19(33-18-8-10-30(11-9-18)12-13-32-3)5-7-20(22)25(31)24-21-6-4-17(16-28)14-23(21)29-26(24)27/h4-7,14-15,18,29H,8-13H2,1-3H3. The van der Waals surface area contributed by atoms with E-state index < -0.39 is 5.41 Å². The Balaban J connectivity index is 1.43. The zero-order chi connectivity index (χ0) is 23.2. The molecular formula is C27H29N3O3. The molecule has 0 saturated carbocycles. The van der Waals surface area contributed by atoms with Gasteiger partial charge >= 0.3 is 0 Å². The molecule has 6 nitrogen and oxygen atoms in total. The zero-order valence-electron chi connectivity index (χ0n) is 19.4. The van der Waals surface area contributed by atoms with Crippen LogP contribution in [0.15, 0.2) is 36.4 Å². The maximum Gasteiger partial charge on any atom is 0.195 e. The Kier molecular flexibility index (Phi) is 5.48. The van der Waals surface area contributed by atoms with Crippen LogP contribution in [0.25, 0.3) is 10.9 Å². The van der Waals surface area contributed by atoms with Crippen LogP contribution < -0.4 is 4.74 Å². The summed E-state index contributed by atoms with van der Waals surface area (Å²) in [5.74, 6) is 0.838. The minimum atomic E-state index is -0.396. The van der Waals surface area contributed by atoms with Crippen LogP contribution in [-0.2, 0) is 10.2 Å². The fraction of sp³-hybridized carbons (Fsp3) is 0.407. The molecule has 170 valence electrons. The average molecular weight is 444 g/mol. The molecule has 1 saturated heterocycles. The van der Waals surface area contributed by atoms with Gasteiger partial charge in [0.1, 0.15) is 11.9 Å². The fourth-order valence-electron chi connectivity index (χ4n) is 5.22. The molecule has 1 fully saturated rings. The lowest BCUT2D eigenvalue weighted by molar-refractivity contribution is 0.0796. The first-order valence-corrected chi connectivity index (χ1v) is 11.6. The van der Waals surface area contributed by atoms with Gasteiger partial charge in [-0.05, 0) is 48.7 Å². The molecule has 0 unspecified atom stereocenters. The summed E-state index contributed by atoms with van der Waals surface area (Å²) in [4.78, 5) is 19.4. The van der Waals surface area contributed by atoms with E-state index in [2.05, 4.69) is 29.8 Å². The molecule has 5 rings (SSSR count). The number of benzene rings is 2. The number of ether oxygens (including phenoxy) is 2. The molecule has 2 aromatic carbocycles. The number of carbonyl (C=O) groups is 1. The molecule has 1 aliphatic heterocycles. The normalized spacial score (nSPS) is 18.1. The molecule has 1 aliphatic carbocycles. The van der Waals surface area contributed by atoms with E-state index in [9.17, 15) is 10.1 Å². The zero-order valence-corrected chi connectivity index (χ0v) is 19.4. The predicted octanol–water partition coefficient (Wildman–Crippen LogP) is 4.40. The third-order valence-corrected chi connectivity index (χ3v) is 7.14. The first kappa shape index (κ1) is 21.7. The van der Waals surface area contributed by atoms with Gasteiger partial charge in [-0.1, -0.05) is 19.9 Å². The summed E-state index contributed by atoms with van der Waals surface area (Å²) >= 11 is 0. The van der Waals surface area contributed by atoms with Crippen LogP contribution in [0.1, 0.15) is 59.4 Å². The van der Waals surface area contributed by atoms with Gasteiger partial charge in [0, 0.05) is 54.3 Å². The molecule has 2 aliphatic rings. The van der Waals surface area contributed by atoms with Gasteiger partial charge in [-0.25, -0.2) is 0 Å². The van der Waals surface area contributed by atoms with Crippen LogP contribution in [0.4, 0.5) is 0 Å². The quantitative estimate of drug-likeness (QED) is 0.632. The summed E-state index contributed by atoms with van der Waals surface area (Å²) in [6.07, 6.45) is 2.14. The SMILES string of the molecule is COCCN1CCC(Oc2ccc3c(c2)C(C)(C)c2[nH]c4cc(C#N)ccc4c2C3=O)CC1. The second-order valence-electron chi connectivity index (χ2n) is 9.56. The van der Waals surface area contributed by atoms with Gasteiger partial charge in [0.05, 0.1) is 23.8 Å². The van der Waals surface area contributed by atoms with Crippen molar-refractivity contribution in [1.82, 2.24) is 9.88 Å². The number of nitrogens with zero attached hydrogens (tertiary/aromatic N) is 2. The molecule has 2 heterocycles. The number of aromatic amines is 1. The van der Waals surface area contributed by atoms with E-state index in [1.54, 1.807) is 13.2 Å². The summed E-state index contributed by atoms with van der Waals surface area (Å²) in [6.45, 7) is 8.00. The van der Waals surface area contributed by atoms with Gasteiger partial charge < -0.3 is 19.4 Å². The van der Waals surface area contributed by atoms with E-state index in [0.717, 1.165) is 72.6 Å². The minimum Gasteiger partial charge on any atom is -0.490 e. The maximum atomic E-state index is 13.5. The minimum absolute atomic E-state index is 0.0216. The number of ketones is 1. The van der Waals surface area contributed by atoms with Crippen molar-refractivity contribution in [3.63, 3.8) is 0 Å². The summed E-state index contributed by atoms with van der Waals surface area (Å²) in [5.41, 5.74) is 4.31. The number of rotatable bonds is 5. The van der Waals surface area contributed by atoms with Crippen LogP contribution >= 0.6 is 0 Å². The third-order valence-electron chi connectivity index (χ3n) is 7.14. The number of carbonyl (C=O) groups excluding carboxylic acids is 1. The van der Waals surface area contributed by atoms with Crippen LogP contribution in [0.3, 0.4) is 0 Å². The molecule has 1 aromatic heterocycles. The number of H-pyrrole nitrogens is 1. The predicted molar refractivity (Wildman–Crippen MR) is 127 cm³/mol. The maximum absolute atomic E-state index is 13.5. The third kappa shape index (κ3) is 3.72. The Morgan fingerprint density at radius 3 is 2.70 bits per heavy atom. The number of aromatic nitrogens is 1. The molecule has 0 spiro atoms. The van der Waals surface area contributed by atoms with Crippen molar-refractivity contribution in [2.24, 2.45) is 0 Å². The summed E-state index contributed by atoms with van der Waals surface area (Å²) in [6, 6.07) is 13.5. The lowest BCUT2D eigenvalue weighted by Crippen LogP contribution is -2.39. The summed E-state index contributed by atoms with van der Waals surface area (Å²) in [7, 11) is 1.74. The van der Waals surface area contributed by atoms with Crippen molar-refractivity contribution in [3.8, 4) is 11.8 Å². The highest BCUT2D eigenvalue weighted by Crippen LogP contribution is 2.44. The lowest BCUT2D eigenvalue weighted by Gasteiger charge is -2.34. The van der Waals surface area contributed by atoms with Crippen LogP contribution in [0.5, 0.6) is 5.75 Å². The topological polar surface area (TPSA) is 78.3 Å². The summed E-state index contributed by atoms with van der Waals surface area (Å²) in [5, 5.41) is 10.1. The Hall–Kier alpha value is -3.14. The van der Waals surface area contributed by atoms with E-state index in [4.69, 9.17) is 9.47 Å². The van der Waals surface area contributed by atoms with Crippen molar-refractivity contribution in [1.29, 1.82) is 5.26 Å². The number of likely N-dealkylation sites (tertiary alicyclic amines) is 1. The van der Waals surface area contributed by atoms with E-state index in [-0.39, 0.29) is 11.9 Å². The van der Waals surface area contributed by atoms with Crippen LogP contribution in [0, 0.1) is 11.3 Å². The molecule has 6 heteroatoms. The van der Waals surface area contributed by atoms with Crippen molar-refractivity contribution in [2.75, 3.05) is 33.4 Å². The van der Waals surface area contributed by atoms with E-state index in [1.807, 2.05) is 30.3 Å². The van der Waals surface area contributed by atoms with Gasteiger partial charge in [-0.3, -0.25) is 4.79 Å². The number of piperidine rings is 1. The number of nitriles is 1. The first-order valence-electron chi connectivity index (χ1n) is 11.6. The van der Waals surface area contributed by atoms with E-state index in [1.165, 1.54) is 0 Å². The van der Waals surface area contributed by atoms with Gasteiger partial charge in [-0.2, -0.15) is 5.26 Å². The molecule has 33 heavy (non-hydrogen) atoms. The second-order valence-corrected chi connectivity index (χ2v) is 9.56. The fourth-order valence-corrected chi connectivity index (χ4v) is 5.22. The molecular weight excluding hydrogens is 414 g/mol. The molecule has 0 bridgehead atoms. The second kappa shape index (κ2) is 8.33. The van der Waals surface area contributed by atoms with Crippen molar-refractivity contribution in [2.45, 2.75) is 38.2 Å². The highest BCUT2D eigenvalue weighted by atomic mass is 16.5. The number of hydrogen-bond acceptors (Lipinski definition) is 5. The Labute approximate surface area is 194 Å². The van der Waals surface area contributed by atoms with Gasteiger partial charge in [-0.15, -0.1) is 0 Å². The van der Waals surface area contributed by atoms with Crippen LogP contribution in [-0.4, -0.2) is 55.1 Å². The van der Waals surface area contributed by atoms with Crippen molar-refractivity contribution < 1.29 is 14.3 Å². The molecule has 0 atom stereocenters. The van der Waals surface area contributed by atoms with Crippen LogP contribution in [0.2, 0.25) is 0 Å². The lowest BCUT2D eigenvalue weighted by atomic mass is 9.71.